The summed E-state index contributed by atoms with van der Waals surface area (Å²) in [7, 11) is 0. The summed E-state index contributed by atoms with van der Waals surface area (Å²) in [5.41, 5.74) is 7.24. The van der Waals surface area contributed by atoms with Crippen LogP contribution in [-0.4, -0.2) is 12.2 Å². The molecule has 0 unspecified atom stereocenters. The molecule has 0 radical (unpaired) electrons. The van der Waals surface area contributed by atoms with Gasteiger partial charge in [0, 0.05) is 27.3 Å². The van der Waals surface area contributed by atoms with Gasteiger partial charge in [-0.15, -0.1) is 0 Å². The number of benzene rings is 3. The van der Waals surface area contributed by atoms with E-state index in [0.717, 1.165) is 68.5 Å². The van der Waals surface area contributed by atoms with Crippen LogP contribution in [0.15, 0.2) is 54.6 Å². The number of halogens is 1. The van der Waals surface area contributed by atoms with Crippen LogP contribution in [0, 0.1) is 6.92 Å². The quantitative estimate of drug-likeness (QED) is 0.350. The second kappa shape index (κ2) is 9.47. The van der Waals surface area contributed by atoms with E-state index >= 15 is 0 Å². The monoisotopic (exact) mass is 486 g/mol. The van der Waals surface area contributed by atoms with Gasteiger partial charge in [-0.25, -0.2) is 0 Å². The number of aryl methyl sites for hydroxylation is 2. The Kier molecular flexibility index (Phi) is 6.37. The van der Waals surface area contributed by atoms with Crippen molar-refractivity contribution in [3.8, 4) is 17.2 Å². The zero-order valence-electron chi connectivity index (χ0n) is 20.8. The fourth-order valence-electron chi connectivity index (χ4n) is 4.58. The zero-order chi connectivity index (χ0) is 24.6. The lowest BCUT2D eigenvalue weighted by molar-refractivity contribution is 0.158. The number of rotatable bonds is 6. The molecule has 0 saturated carbocycles. The number of fused-ring (bicyclic) bond motifs is 3. The van der Waals surface area contributed by atoms with Gasteiger partial charge in [-0.05, 0) is 80.8 Å². The minimum absolute atomic E-state index is 0.316. The molecule has 0 spiro atoms. The Balaban J connectivity index is 1.48. The molecular formula is C31H31ClO3. The van der Waals surface area contributed by atoms with Crippen molar-refractivity contribution < 1.29 is 14.2 Å². The van der Waals surface area contributed by atoms with E-state index in [1.165, 1.54) is 5.56 Å². The third-order valence-corrected chi connectivity index (χ3v) is 6.79. The van der Waals surface area contributed by atoms with Crippen LogP contribution in [0.1, 0.15) is 60.6 Å². The van der Waals surface area contributed by atoms with Crippen molar-refractivity contribution in [3.63, 3.8) is 0 Å². The van der Waals surface area contributed by atoms with Crippen LogP contribution in [0.4, 0.5) is 0 Å². The molecule has 2 heterocycles. The molecule has 0 N–H and O–H groups in total. The molecule has 0 fully saturated rings. The highest BCUT2D eigenvalue weighted by Crippen LogP contribution is 2.43. The predicted octanol–water partition coefficient (Wildman–Crippen LogP) is 8.30. The summed E-state index contributed by atoms with van der Waals surface area (Å²) in [6.07, 6.45) is 8.48. The van der Waals surface area contributed by atoms with Crippen molar-refractivity contribution in [1.82, 2.24) is 0 Å². The second-order valence-corrected chi connectivity index (χ2v) is 10.3. The molecule has 2 aliphatic heterocycles. The van der Waals surface area contributed by atoms with Crippen LogP contribution in [0.5, 0.6) is 17.2 Å². The van der Waals surface area contributed by atoms with E-state index in [4.69, 9.17) is 25.8 Å². The Morgan fingerprint density at radius 2 is 1.91 bits per heavy atom. The molecular weight excluding hydrogens is 456 g/mol. The highest BCUT2D eigenvalue weighted by Gasteiger charge is 2.27. The maximum absolute atomic E-state index is 6.47. The molecule has 0 saturated heterocycles. The Morgan fingerprint density at radius 3 is 2.71 bits per heavy atom. The highest BCUT2D eigenvalue weighted by atomic mass is 35.5. The second-order valence-electron chi connectivity index (χ2n) is 9.86. The maximum atomic E-state index is 6.47. The fraction of sp³-hybridized carbons (Fsp3) is 0.290. The Bertz CT molecular complexity index is 1330. The molecule has 2 aliphatic rings. The van der Waals surface area contributed by atoms with Crippen LogP contribution in [-0.2, 0) is 13.0 Å². The summed E-state index contributed by atoms with van der Waals surface area (Å²) in [6.45, 7) is 9.22. The van der Waals surface area contributed by atoms with Crippen LogP contribution < -0.4 is 14.2 Å². The molecule has 0 aromatic heterocycles. The van der Waals surface area contributed by atoms with Crippen LogP contribution in [0.3, 0.4) is 0 Å². The molecule has 0 atom stereocenters. The molecule has 5 rings (SSSR count). The minimum Gasteiger partial charge on any atom is -0.488 e. The number of hydrogen-bond donors (Lipinski definition) is 0. The fourth-order valence-corrected chi connectivity index (χ4v) is 4.87. The molecule has 0 aliphatic carbocycles. The maximum Gasteiger partial charge on any atom is 0.137 e. The topological polar surface area (TPSA) is 27.7 Å². The third-order valence-electron chi connectivity index (χ3n) is 6.44. The first-order valence-electron chi connectivity index (χ1n) is 12.2. The average molecular weight is 487 g/mol. The molecule has 35 heavy (non-hydrogen) atoms. The van der Waals surface area contributed by atoms with Gasteiger partial charge in [0.1, 0.15) is 36.1 Å². The van der Waals surface area contributed by atoms with Gasteiger partial charge < -0.3 is 14.2 Å². The Morgan fingerprint density at radius 1 is 1.06 bits per heavy atom. The van der Waals surface area contributed by atoms with E-state index in [1.54, 1.807) is 0 Å². The summed E-state index contributed by atoms with van der Waals surface area (Å²) in [6, 6.07) is 16.7. The lowest BCUT2D eigenvalue weighted by atomic mass is 9.94. The largest absolute Gasteiger partial charge is 0.488 e. The number of ether oxygens (including phenoxy) is 3. The van der Waals surface area contributed by atoms with Crippen molar-refractivity contribution in [2.24, 2.45) is 0 Å². The molecule has 3 nitrogen and oxygen atoms in total. The first-order chi connectivity index (χ1) is 16.8. The number of hydrogen-bond acceptors (Lipinski definition) is 3. The van der Waals surface area contributed by atoms with Crippen molar-refractivity contribution in [2.45, 2.75) is 52.7 Å². The van der Waals surface area contributed by atoms with Gasteiger partial charge in [0.15, 0.2) is 0 Å². The van der Waals surface area contributed by atoms with Gasteiger partial charge in [-0.2, -0.15) is 0 Å². The molecule has 180 valence electrons. The van der Waals surface area contributed by atoms with Crippen LogP contribution in [0.2, 0.25) is 5.02 Å². The summed E-state index contributed by atoms with van der Waals surface area (Å²) in [5.74, 6) is 2.58. The van der Waals surface area contributed by atoms with Gasteiger partial charge in [0.25, 0.3) is 0 Å². The average Bonchev–Trinajstić information content (AvgIpc) is 2.82. The Labute approximate surface area is 213 Å². The summed E-state index contributed by atoms with van der Waals surface area (Å²) >= 11 is 6.47. The van der Waals surface area contributed by atoms with Gasteiger partial charge in [0.2, 0.25) is 0 Å². The van der Waals surface area contributed by atoms with Gasteiger partial charge in [-0.1, -0.05) is 49.2 Å². The van der Waals surface area contributed by atoms with E-state index in [1.807, 2.05) is 25.1 Å². The summed E-state index contributed by atoms with van der Waals surface area (Å²) < 4.78 is 18.8. The van der Waals surface area contributed by atoms with Gasteiger partial charge in [-0.3, -0.25) is 0 Å². The first-order valence-corrected chi connectivity index (χ1v) is 12.6. The summed E-state index contributed by atoms with van der Waals surface area (Å²) in [4.78, 5) is 0. The predicted molar refractivity (Wildman–Crippen MR) is 145 cm³/mol. The van der Waals surface area contributed by atoms with Crippen molar-refractivity contribution >= 4 is 29.3 Å². The lowest BCUT2D eigenvalue weighted by Gasteiger charge is -2.30. The smallest absolute Gasteiger partial charge is 0.137 e. The van der Waals surface area contributed by atoms with Crippen molar-refractivity contribution in [1.29, 1.82) is 0 Å². The van der Waals surface area contributed by atoms with Crippen molar-refractivity contribution in [3.05, 3.63) is 93.0 Å². The summed E-state index contributed by atoms with van der Waals surface area (Å²) in [5, 5.41) is 0.730. The minimum atomic E-state index is -0.316. The van der Waals surface area contributed by atoms with Gasteiger partial charge in [0.05, 0.1) is 5.56 Å². The Hall–Kier alpha value is -3.17. The van der Waals surface area contributed by atoms with Crippen LogP contribution in [0.25, 0.3) is 17.7 Å². The molecule has 0 bridgehead atoms. The van der Waals surface area contributed by atoms with E-state index in [-0.39, 0.29) is 5.60 Å². The molecule has 4 heteroatoms. The van der Waals surface area contributed by atoms with E-state index in [2.05, 4.69) is 69.3 Å². The molecule has 0 amide bonds. The first kappa shape index (κ1) is 23.6. The van der Waals surface area contributed by atoms with Crippen molar-refractivity contribution in [2.75, 3.05) is 6.61 Å². The standard InChI is InChI=1S/C31H31ClO3/c1-5-6-21-8-11-25(29(16-21)33-18-23-9-7-20(2)15-27(23)32)24-17-22-10-12-28-26(30(22)34-19-24)13-14-31(3,4)35-28/h7-17H,5-6,18-19H2,1-4H3. The third kappa shape index (κ3) is 4.97. The normalized spacial score (nSPS) is 15.4. The molecule has 3 aromatic rings. The van der Waals surface area contributed by atoms with E-state index < -0.39 is 0 Å². The zero-order valence-corrected chi connectivity index (χ0v) is 21.5. The highest BCUT2D eigenvalue weighted by molar-refractivity contribution is 6.31. The van der Waals surface area contributed by atoms with Crippen LogP contribution >= 0.6 is 11.6 Å². The molecule has 3 aromatic carbocycles. The van der Waals surface area contributed by atoms with E-state index in [0.29, 0.717) is 13.2 Å². The van der Waals surface area contributed by atoms with E-state index in [9.17, 15) is 0 Å². The van der Waals surface area contributed by atoms with Gasteiger partial charge >= 0.3 is 0 Å². The lowest BCUT2D eigenvalue weighted by Crippen LogP contribution is -2.27. The SMILES string of the molecule is CCCc1ccc(C2=Cc3ccc4c(c3OC2)C=CC(C)(C)O4)c(OCc2ccc(C)cc2Cl)c1.